The van der Waals surface area contributed by atoms with Crippen LogP contribution in [0.1, 0.15) is 18.4 Å². The number of hydrogen-bond acceptors (Lipinski definition) is 7. The zero-order valence-corrected chi connectivity index (χ0v) is 13.3. The van der Waals surface area contributed by atoms with Crippen molar-refractivity contribution in [3.63, 3.8) is 0 Å². The summed E-state index contributed by atoms with van der Waals surface area (Å²) in [4.78, 5) is 4.28. The van der Waals surface area contributed by atoms with Crippen LogP contribution >= 0.6 is 0 Å². The Morgan fingerprint density at radius 3 is 2.67 bits per heavy atom. The van der Waals surface area contributed by atoms with Crippen LogP contribution in [0.5, 0.6) is 5.75 Å². The number of nitrogens with zero attached hydrogens (tertiary/aromatic N) is 3. The fourth-order valence-corrected chi connectivity index (χ4v) is 4.23. The summed E-state index contributed by atoms with van der Waals surface area (Å²) >= 11 is 0. The summed E-state index contributed by atoms with van der Waals surface area (Å²) in [7, 11) is 1.55. The van der Waals surface area contributed by atoms with Crippen LogP contribution in [-0.4, -0.2) is 31.6 Å². The Kier molecular flexibility index (Phi) is 2.79. The third-order valence-electron chi connectivity index (χ3n) is 5.25. The fraction of sp³-hybridized carbons (Fsp3) is 0.471. The molecule has 0 aromatic heterocycles. The molecule has 3 aliphatic rings. The molecule has 5 atom stereocenters. The summed E-state index contributed by atoms with van der Waals surface area (Å²) in [6.45, 7) is 2.12. The molecule has 122 valence electrons. The lowest BCUT2D eigenvalue weighted by Crippen LogP contribution is -2.39. The Bertz CT molecular complexity index is 841. The summed E-state index contributed by atoms with van der Waals surface area (Å²) in [5, 5.41) is 20.0. The van der Waals surface area contributed by atoms with Crippen LogP contribution in [-0.2, 0) is 9.47 Å². The molecule has 1 saturated carbocycles. The molecular weight excluding hydrogens is 308 g/mol. The number of nitrogens with two attached hydrogens (primary N) is 1. The molecule has 7 nitrogen and oxygen atoms in total. The summed E-state index contributed by atoms with van der Waals surface area (Å²) in [5.74, 6) is -1.39. The molecule has 0 unspecified atom stereocenters. The molecule has 1 spiro atoms. The van der Waals surface area contributed by atoms with E-state index in [1.165, 1.54) is 0 Å². The third kappa shape index (κ3) is 1.32. The van der Waals surface area contributed by atoms with Gasteiger partial charge < -0.3 is 19.9 Å². The first-order chi connectivity index (χ1) is 11.5. The van der Waals surface area contributed by atoms with Crippen LogP contribution in [0.4, 0.5) is 0 Å². The monoisotopic (exact) mass is 324 g/mol. The van der Waals surface area contributed by atoms with Crippen molar-refractivity contribution >= 4 is 5.84 Å². The lowest BCUT2D eigenvalue weighted by Gasteiger charge is -2.26. The maximum absolute atomic E-state index is 10.1. The molecule has 1 saturated heterocycles. The van der Waals surface area contributed by atoms with Crippen molar-refractivity contribution in [2.45, 2.75) is 24.9 Å². The minimum Gasteiger partial charge on any atom is -0.496 e. The van der Waals surface area contributed by atoms with Crippen LogP contribution in [0.2, 0.25) is 0 Å². The van der Waals surface area contributed by atoms with Crippen molar-refractivity contribution in [2.24, 2.45) is 21.6 Å². The number of benzene rings is 1. The fourth-order valence-electron chi connectivity index (χ4n) is 4.23. The highest BCUT2D eigenvalue weighted by atomic mass is 16.8. The van der Waals surface area contributed by atoms with Crippen molar-refractivity contribution in [1.29, 1.82) is 10.5 Å². The number of ether oxygens (including phenoxy) is 3. The van der Waals surface area contributed by atoms with E-state index in [0.717, 1.165) is 5.56 Å². The lowest BCUT2D eigenvalue weighted by atomic mass is 9.93. The number of hydrogen-bond donors (Lipinski definition) is 1. The van der Waals surface area contributed by atoms with Gasteiger partial charge in [0.15, 0.2) is 5.41 Å². The molecule has 2 fully saturated rings. The van der Waals surface area contributed by atoms with Gasteiger partial charge in [0.2, 0.25) is 0 Å². The SMILES string of the molecule is COc1ccccc1[C@H]1[C@@]2(C#N)[C@@]3(N=C(N)[C@@]12C#N)OC[C@H](C)O3. The van der Waals surface area contributed by atoms with Gasteiger partial charge in [-0.05, 0) is 13.0 Å². The molecule has 1 aliphatic carbocycles. The van der Waals surface area contributed by atoms with E-state index in [9.17, 15) is 10.5 Å². The maximum Gasteiger partial charge on any atom is 0.293 e. The van der Waals surface area contributed by atoms with E-state index >= 15 is 0 Å². The molecule has 1 aromatic rings. The normalized spacial score (nSPS) is 42.1. The van der Waals surface area contributed by atoms with Gasteiger partial charge in [-0.25, -0.2) is 4.99 Å². The van der Waals surface area contributed by atoms with Crippen LogP contribution in [0.3, 0.4) is 0 Å². The predicted molar refractivity (Wildman–Crippen MR) is 82.7 cm³/mol. The van der Waals surface area contributed by atoms with E-state index in [0.29, 0.717) is 12.4 Å². The van der Waals surface area contributed by atoms with Crippen molar-refractivity contribution in [3.05, 3.63) is 29.8 Å². The Morgan fingerprint density at radius 2 is 2.08 bits per heavy atom. The number of amidine groups is 1. The standard InChI is InChI=1S/C17H16N4O3/c1-10-7-23-17(24-10)16(9-19)13(15(16,8-18)14(20)21-17)11-5-3-4-6-12(11)22-2/h3-6,10,13H,7H2,1-2H3,(H2,20,21)/t10-,13+,15+,16+,17+/m0/s1. The molecule has 2 aliphatic heterocycles. The van der Waals surface area contributed by atoms with Gasteiger partial charge in [0.25, 0.3) is 5.91 Å². The summed E-state index contributed by atoms with van der Waals surface area (Å²) < 4.78 is 17.1. The molecule has 7 heteroatoms. The zero-order valence-electron chi connectivity index (χ0n) is 13.3. The summed E-state index contributed by atoms with van der Waals surface area (Å²) in [5.41, 5.74) is 4.25. The molecule has 2 heterocycles. The first-order valence-electron chi connectivity index (χ1n) is 7.66. The largest absolute Gasteiger partial charge is 0.496 e. The third-order valence-corrected chi connectivity index (χ3v) is 5.25. The van der Waals surface area contributed by atoms with Gasteiger partial charge in [-0.3, -0.25) is 0 Å². The van der Waals surface area contributed by atoms with Crippen LogP contribution in [0.25, 0.3) is 0 Å². The lowest BCUT2D eigenvalue weighted by molar-refractivity contribution is -0.193. The molecule has 1 aromatic carbocycles. The highest BCUT2D eigenvalue weighted by molar-refractivity contribution is 6.00. The van der Waals surface area contributed by atoms with E-state index in [4.69, 9.17) is 19.9 Å². The molecule has 4 rings (SSSR count). The van der Waals surface area contributed by atoms with Gasteiger partial charge in [-0.15, -0.1) is 0 Å². The zero-order chi connectivity index (χ0) is 17.2. The van der Waals surface area contributed by atoms with Gasteiger partial charge in [0, 0.05) is 11.5 Å². The van der Waals surface area contributed by atoms with Gasteiger partial charge in [-0.2, -0.15) is 10.5 Å². The average Bonchev–Trinajstić information content (AvgIpc) is 2.98. The second-order valence-electron chi connectivity index (χ2n) is 6.33. The Morgan fingerprint density at radius 1 is 1.33 bits per heavy atom. The maximum atomic E-state index is 10.1. The van der Waals surface area contributed by atoms with Crippen molar-refractivity contribution in [2.75, 3.05) is 13.7 Å². The average molecular weight is 324 g/mol. The van der Waals surface area contributed by atoms with Gasteiger partial charge in [0.1, 0.15) is 17.0 Å². The first-order valence-corrected chi connectivity index (χ1v) is 7.66. The van der Waals surface area contributed by atoms with E-state index in [1.54, 1.807) is 13.2 Å². The van der Waals surface area contributed by atoms with Crippen LogP contribution < -0.4 is 10.5 Å². The number of methoxy groups -OCH3 is 1. The number of rotatable bonds is 2. The van der Waals surface area contributed by atoms with E-state index in [1.807, 2.05) is 25.1 Å². The smallest absolute Gasteiger partial charge is 0.293 e. The molecule has 0 radical (unpaired) electrons. The highest BCUT2D eigenvalue weighted by Gasteiger charge is 2.94. The molecule has 0 amide bonds. The highest BCUT2D eigenvalue weighted by Crippen LogP contribution is 2.83. The summed E-state index contributed by atoms with van der Waals surface area (Å²) in [6.07, 6.45) is -0.236. The predicted octanol–water partition coefficient (Wildman–Crippen LogP) is 1.27. The van der Waals surface area contributed by atoms with Crippen LogP contribution in [0, 0.1) is 33.5 Å². The van der Waals surface area contributed by atoms with Gasteiger partial charge in [0.05, 0.1) is 32.0 Å². The molecule has 0 bridgehead atoms. The molecule has 2 N–H and O–H groups in total. The second-order valence-corrected chi connectivity index (χ2v) is 6.33. The number of fused-ring (bicyclic) bond motifs is 2. The van der Waals surface area contributed by atoms with E-state index in [-0.39, 0.29) is 11.9 Å². The van der Waals surface area contributed by atoms with Gasteiger partial charge >= 0.3 is 0 Å². The molecule has 24 heavy (non-hydrogen) atoms. The Labute approximate surface area is 139 Å². The molecular formula is C17H16N4O3. The van der Waals surface area contributed by atoms with Crippen molar-refractivity contribution < 1.29 is 14.2 Å². The minimum atomic E-state index is -1.54. The van der Waals surface area contributed by atoms with E-state index < -0.39 is 22.7 Å². The first kappa shape index (κ1) is 14.9. The van der Waals surface area contributed by atoms with Gasteiger partial charge in [-0.1, -0.05) is 18.2 Å². The number of aliphatic imine (C=N–C) groups is 1. The number of para-hydroxylation sites is 1. The topological polar surface area (TPSA) is 114 Å². The Balaban J connectivity index is 1.94. The van der Waals surface area contributed by atoms with Crippen LogP contribution in [0.15, 0.2) is 29.3 Å². The Hall–Kier alpha value is -2.61. The second kappa shape index (κ2) is 4.47. The number of nitriles is 2. The van der Waals surface area contributed by atoms with Crippen molar-refractivity contribution in [1.82, 2.24) is 0 Å². The van der Waals surface area contributed by atoms with E-state index in [2.05, 4.69) is 17.1 Å². The minimum absolute atomic E-state index is 0.0801. The summed E-state index contributed by atoms with van der Waals surface area (Å²) in [6, 6.07) is 11.8. The van der Waals surface area contributed by atoms with Crippen molar-refractivity contribution in [3.8, 4) is 17.9 Å². The quantitative estimate of drug-likeness (QED) is 0.876.